The maximum Gasteiger partial charge on any atom is 0.329 e. The number of anilines is 1. The Morgan fingerprint density at radius 1 is 1.40 bits per heavy atom. The average Bonchev–Trinajstić information content (AvgIpc) is 2.45. The first-order valence-corrected chi connectivity index (χ1v) is 5.60. The third-order valence-corrected chi connectivity index (χ3v) is 3.09. The second-order valence-corrected chi connectivity index (χ2v) is 4.63. The number of halogens is 2. The molecule has 4 nitrogen and oxygen atoms in total. The van der Waals surface area contributed by atoms with Gasteiger partial charge in [0.05, 0.1) is 5.69 Å². The first kappa shape index (κ1) is 10.7. The van der Waals surface area contributed by atoms with Crippen molar-refractivity contribution in [1.29, 1.82) is 0 Å². The van der Waals surface area contributed by atoms with Gasteiger partial charge in [0.15, 0.2) is 0 Å². The van der Waals surface area contributed by atoms with E-state index in [4.69, 9.17) is 11.6 Å². The highest BCUT2D eigenvalue weighted by molar-refractivity contribution is 14.1. The van der Waals surface area contributed by atoms with Gasteiger partial charge in [-0.1, -0.05) is 11.6 Å². The van der Waals surface area contributed by atoms with Gasteiger partial charge in [-0.25, -0.2) is 4.79 Å². The Kier molecular flexibility index (Phi) is 2.83. The van der Waals surface area contributed by atoms with Crippen LogP contribution in [0.1, 0.15) is 0 Å². The molecular weight excluding hydrogens is 330 g/mol. The van der Waals surface area contributed by atoms with Crippen LogP contribution in [0.3, 0.4) is 0 Å². The Morgan fingerprint density at radius 2 is 2.13 bits per heavy atom. The molecule has 15 heavy (non-hydrogen) atoms. The number of rotatable bonds is 1. The third-order valence-electron chi connectivity index (χ3n) is 1.99. The lowest BCUT2D eigenvalue weighted by atomic mass is 10.3. The molecule has 0 aliphatic carbocycles. The monoisotopic (exact) mass is 336 g/mol. The fourth-order valence-corrected chi connectivity index (χ4v) is 2.50. The maximum absolute atomic E-state index is 11.4. The van der Waals surface area contributed by atoms with Crippen molar-refractivity contribution in [2.45, 2.75) is 0 Å². The zero-order valence-electron chi connectivity index (χ0n) is 7.46. The molecule has 1 aliphatic rings. The quantitative estimate of drug-likeness (QED) is 0.630. The SMILES string of the molecule is O=C1CN(c2ccc(Cl)cc2I)C(=O)N1. The molecule has 0 bridgehead atoms. The number of urea groups is 1. The minimum atomic E-state index is -0.389. The van der Waals surface area contributed by atoms with Gasteiger partial charge in [0.2, 0.25) is 5.91 Å². The third kappa shape index (κ3) is 2.07. The smallest absolute Gasteiger partial charge is 0.284 e. The number of carbonyl (C=O) groups excluding carboxylic acids is 2. The Bertz CT molecular complexity index is 450. The van der Waals surface area contributed by atoms with Crippen LogP contribution in [0.15, 0.2) is 18.2 Å². The summed E-state index contributed by atoms with van der Waals surface area (Å²) in [4.78, 5) is 23.8. The van der Waals surface area contributed by atoms with Gasteiger partial charge in [0.25, 0.3) is 0 Å². The average molecular weight is 337 g/mol. The molecule has 0 atom stereocenters. The minimum absolute atomic E-state index is 0.0659. The lowest BCUT2D eigenvalue weighted by molar-refractivity contribution is -0.117. The summed E-state index contributed by atoms with van der Waals surface area (Å²) >= 11 is 7.87. The molecule has 6 heteroatoms. The van der Waals surface area contributed by atoms with E-state index in [0.29, 0.717) is 10.7 Å². The van der Waals surface area contributed by atoms with Crippen LogP contribution in [0.2, 0.25) is 5.02 Å². The molecular formula is C9H6ClIN2O2. The van der Waals surface area contributed by atoms with Crippen molar-refractivity contribution in [3.8, 4) is 0 Å². The summed E-state index contributed by atoms with van der Waals surface area (Å²) in [7, 11) is 0. The van der Waals surface area contributed by atoms with E-state index in [1.807, 2.05) is 0 Å². The Balaban J connectivity index is 2.38. The summed E-state index contributed by atoms with van der Waals surface area (Å²) in [6, 6.07) is 4.77. The molecule has 0 unspecified atom stereocenters. The van der Waals surface area contributed by atoms with Gasteiger partial charge in [0, 0.05) is 8.59 Å². The lowest BCUT2D eigenvalue weighted by Crippen LogP contribution is -2.28. The van der Waals surface area contributed by atoms with Crippen LogP contribution in [0.25, 0.3) is 0 Å². The first-order chi connectivity index (χ1) is 7.08. The Hall–Kier alpha value is -0.820. The molecule has 0 spiro atoms. The van der Waals surface area contributed by atoms with E-state index in [-0.39, 0.29) is 18.5 Å². The Labute approximate surface area is 105 Å². The van der Waals surface area contributed by atoms with Gasteiger partial charge in [-0.15, -0.1) is 0 Å². The molecule has 1 N–H and O–H groups in total. The van der Waals surface area contributed by atoms with E-state index in [1.165, 1.54) is 4.90 Å². The molecule has 1 aromatic rings. The summed E-state index contributed by atoms with van der Waals surface area (Å²) in [6.45, 7) is 0.0659. The van der Waals surface area contributed by atoms with Gasteiger partial charge in [-0.3, -0.25) is 15.0 Å². The first-order valence-electron chi connectivity index (χ1n) is 4.14. The molecule has 2 rings (SSSR count). The number of hydrogen-bond acceptors (Lipinski definition) is 2. The number of benzene rings is 1. The highest BCUT2D eigenvalue weighted by Gasteiger charge is 2.29. The highest BCUT2D eigenvalue weighted by Crippen LogP contribution is 2.26. The van der Waals surface area contributed by atoms with E-state index < -0.39 is 0 Å². The van der Waals surface area contributed by atoms with Crippen LogP contribution >= 0.6 is 34.2 Å². The van der Waals surface area contributed by atoms with E-state index >= 15 is 0 Å². The van der Waals surface area contributed by atoms with Gasteiger partial charge in [-0.2, -0.15) is 0 Å². The van der Waals surface area contributed by atoms with Crippen molar-refractivity contribution in [3.63, 3.8) is 0 Å². The number of hydrogen-bond donors (Lipinski definition) is 1. The van der Waals surface area contributed by atoms with Gasteiger partial charge >= 0.3 is 6.03 Å². The summed E-state index contributed by atoms with van der Waals surface area (Å²) < 4.78 is 0.838. The van der Waals surface area contributed by atoms with Crippen LogP contribution in [-0.4, -0.2) is 18.5 Å². The van der Waals surface area contributed by atoms with E-state index in [0.717, 1.165) is 3.57 Å². The molecule has 0 radical (unpaired) electrons. The number of carbonyl (C=O) groups is 2. The molecule has 1 heterocycles. The van der Waals surface area contributed by atoms with Crippen molar-refractivity contribution in [2.24, 2.45) is 0 Å². The minimum Gasteiger partial charge on any atom is -0.284 e. The molecule has 1 aliphatic heterocycles. The molecule has 78 valence electrons. The summed E-state index contributed by atoms with van der Waals surface area (Å²) in [5.41, 5.74) is 0.698. The molecule has 0 aromatic heterocycles. The van der Waals surface area contributed by atoms with Crippen molar-refractivity contribution < 1.29 is 9.59 Å². The Morgan fingerprint density at radius 3 is 2.67 bits per heavy atom. The van der Waals surface area contributed by atoms with Crippen LogP contribution < -0.4 is 10.2 Å². The number of nitrogens with one attached hydrogen (secondary N) is 1. The molecule has 0 saturated carbocycles. The van der Waals surface area contributed by atoms with E-state index in [2.05, 4.69) is 27.9 Å². The van der Waals surface area contributed by atoms with Gasteiger partial charge < -0.3 is 0 Å². The standard InChI is InChI=1S/C9H6ClIN2O2/c10-5-1-2-7(6(11)3-5)13-4-8(14)12-9(13)15/h1-3H,4H2,(H,12,14,15). The van der Waals surface area contributed by atoms with Gasteiger partial charge in [-0.05, 0) is 40.8 Å². The predicted octanol–water partition coefficient (Wildman–Crippen LogP) is 2.00. The van der Waals surface area contributed by atoms with E-state index in [1.54, 1.807) is 18.2 Å². The second-order valence-electron chi connectivity index (χ2n) is 3.04. The zero-order chi connectivity index (χ0) is 11.0. The second kappa shape index (κ2) is 3.97. The maximum atomic E-state index is 11.4. The summed E-state index contributed by atoms with van der Waals surface area (Å²) in [5.74, 6) is -0.286. The topological polar surface area (TPSA) is 49.4 Å². The van der Waals surface area contributed by atoms with Crippen molar-refractivity contribution in [3.05, 3.63) is 26.8 Å². The molecule has 1 saturated heterocycles. The van der Waals surface area contributed by atoms with Crippen LogP contribution in [0, 0.1) is 3.57 Å². The fourth-order valence-electron chi connectivity index (χ4n) is 1.34. The van der Waals surface area contributed by atoms with Crippen LogP contribution in [-0.2, 0) is 4.79 Å². The number of imide groups is 1. The van der Waals surface area contributed by atoms with Crippen LogP contribution in [0.5, 0.6) is 0 Å². The zero-order valence-corrected chi connectivity index (χ0v) is 10.4. The predicted molar refractivity (Wildman–Crippen MR) is 65.1 cm³/mol. The summed E-state index contributed by atoms with van der Waals surface area (Å²) in [6.07, 6.45) is 0. The highest BCUT2D eigenvalue weighted by atomic mass is 127. The van der Waals surface area contributed by atoms with Crippen molar-refractivity contribution in [2.75, 3.05) is 11.4 Å². The van der Waals surface area contributed by atoms with Gasteiger partial charge in [0.1, 0.15) is 6.54 Å². The lowest BCUT2D eigenvalue weighted by Gasteiger charge is -2.14. The van der Waals surface area contributed by atoms with Crippen molar-refractivity contribution >= 4 is 51.8 Å². The molecule has 1 aromatic carbocycles. The number of nitrogens with zero attached hydrogens (tertiary/aromatic N) is 1. The fraction of sp³-hybridized carbons (Fsp3) is 0.111. The summed E-state index contributed by atoms with van der Waals surface area (Å²) in [5, 5.41) is 2.82. The molecule has 1 fully saturated rings. The molecule has 3 amide bonds. The largest absolute Gasteiger partial charge is 0.329 e. The van der Waals surface area contributed by atoms with Crippen LogP contribution in [0.4, 0.5) is 10.5 Å². The van der Waals surface area contributed by atoms with Crippen molar-refractivity contribution in [1.82, 2.24) is 5.32 Å². The normalized spacial score (nSPS) is 15.7. The van der Waals surface area contributed by atoms with E-state index in [9.17, 15) is 9.59 Å². The number of amides is 3.